The zero-order valence-corrected chi connectivity index (χ0v) is 19.1. The minimum atomic E-state index is -3.64. The number of rotatable bonds is 10. The van der Waals surface area contributed by atoms with Crippen LogP contribution in [0.25, 0.3) is 0 Å². The van der Waals surface area contributed by atoms with Crippen LogP contribution in [0.5, 0.6) is 5.75 Å². The molecular weight excluding hydrogens is 402 g/mol. The lowest BCUT2D eigenvalue weighted by atomic mass is 10.2. The summed E-state index contributed by atoms with van der Waals surface area (Å²) < 4.78 is 33.0. The van der Waals surface area contributed by atoms with E-state index in [0.717, 1.165) is 0 Å². The second-order valence-electron chi connectivity index (χ2n) is 6.98. The SMILES string of the molecule is CCC(Oc1ccccc1)C(=O)Nc1cc(S(=O)(=O)N(CC)CC)ccc1N(C)C. The Balaban J connectivity index is 2.35. The van der Waals surface area contributed by atoms with Crippen LogP contribution in [0.1, 0.15) is 27.2 Å². The average Bonchev–Trinajstić information content (AvgIpc) is 2.73. The molecule has 2 aromatic carbocycles. The third-order valence-electron chi connectivity index (χ3n) is 4.74. The predicted octanol–water partition coefficient (Wildman–Crippen LogP) is 3.58. The highest BCUT2D eigenvalue weighted by Gasteiger charge is 2.25. The van der Waals surface area contributed by atoms with E-state index in [2.05, 4.69) is 5.32 Å². The molecule has 8 heteroatoms. The van der Waals surface area contributed by atoms with E-state index in [9.17, 15) is 13.2 Å². The molecule has 0 fully saturated rings. The first kappa shape index (κ1) is 23.7. The lowest BCUT2D eigenvalue weighted by Gasteiger charge is -2.23. The topological polar surface area (TPSA) is 78.9 Å². The van der Waals surface area contributed by atoms with Crippen molar-refractivity contribution in [3.63, 3.8) is 0 Å². The molecule has 0 saturated carbocycles. The minimum absolute atomic E-state index is 0.143. The quantitative estimate of drug-likeness (QED) is 0.620. The van der Waals surface area contributed by atoms with E-state index >= 15 is 0 Å². The van der Waals surface area contributed by atoms with Gasteiger partial charge in [-0.3, -0.25) is 4.79 Å². The lowest BCUT2D eigenvalue weighted by molar-refractivity contribution is -0.122. The van der Waals surface area contributed by atoms with Gasteiger partial charge in [0.1, 0.15) is 5.75 Å². The van der Waals surface area contributed by atoms with Crippen molar-refractivity contribution < 1.29 is 17.9 Å². The molecule has 1 amide bonds. The van der Waals surface area contributed by atoms with Gasteiger partial charge < -0.3 is 15.0 Å². The van der Waals surface area contributed by atoms with E-state index in [1.807, 2.05) is 44.1 Å². The van der Waals surface area contributed by atoms with Gasteiger partial charge in [0.2, 0.25) is 10.0 Å². The van der Waals surface area contributed by atoms with Crippen molar-refractivity contribution in [2.24, 2.45) is 0 Å². The predicted molar refractivity (Wildman–Crippen MR) is 121 cm³/mol. The fourth-order valence-electron chi connectivity index (χ4n) is 3.08. The van der Waals surface area contributed by atoms with Gasteiger partial charge in [-0.15, -0.1) is 0 Å². The van der Waals surface area contributed by atoms with Gasteiger partial charge in [0, 0.05) is 27.2 Å². The average molecular weight is 434 g/mol. The molecule has 1 unspecified atom stereocenters. The zero-order valence-electron chi connectivity index (χ0n) is 18.3. The molecule has 0 aliphatic carbocycles. The first-order chi connectivity index (χ1) is 14.2. The normalized spacial score (nSPS) is 12.5. The van der Waals surface area contributed by atoms with E-state index in [1.54, 1.807) is 38.1 Å². The molecule has 0 aliphatic rings. The van der Waals surface area contributed by atoms with Crippen LogP contribution in [0, 0.1) is 0 Å². The minimum Gasteiger partial charge on any atom is -0.481 e. The molecule has 164 valence electrons. The third kappa shape index (κ3) is 5.52. The lowest BCUT2D eigenvalue weighted by Crippen LogP contribution is -2.33. The molecule has 1 atom stereocenters. The van der Waals surface area contributed by atoms with Crippen LogP contribution in [-0.2, 0) is 14.8 Å². The number of hydrogen-bond donors (Lipinski definition) is 1. The number of amides is 1. The Hall–Kier alpha value is -2.58. The number of carbonyl (C=O) groups is 1. The molecule has 0 radical (unpaired) electrons. The van der Waals surface area contributed by atoms with Gasteiger partial charge in [-0.1, -0.05) is 39.0 Å². The summed E-state index contributed by atoms with van der Waals surface area (Å²) in [4.78, 5) is 14.9. The largest absolute Gasteiger partial charge is 0.481 e. The Labute approximate surface area is 179 Å². The van der Waals surface area contributed by atoms with Crippen molar-refractivity contribution in [1.29, 1.82) is 0 Å². The molecule has 2 aromatic rings. The number of benzene rings is 2. The standard InChI is InChI=1S/C22H31N3O4S/c1-6-21(29-17-12-10-9-11-13-17)22(26)23-19-16-18(14-15-20(19)24(4)5)30(27,28)25(7-2)8-3/h9-16,21H,6-8H2,1-5H3,(H,23,26). The van der Waals surface area contributed by atoms with Gasteiger partial charge in [0.25, 0.3) is 5.91 Å². The van der Waals surface area contributed by atoms with Crippen LogP contribution >= 0.6 is 0 Å². The number of ether oxygens (including phenoxy) is 1. The molecular formula is C22H31N3O4S. The van der Waals surface area contributed by atoms with E-state index in [4.69, 9.17) is 4.74 Å². The Morgan fingerprint density at radius 1 is 1.03 bits per heavy atom. The molecule has 0 aliphatic heterocycles. The second-order valence-corrected chi connectivity index (χ2v) is 8.92. The summed E-state index contributed by atoms with van der Waals surface area (Å²) in [6, 6.07) is 13.9. The summed E-state index contributed by atoms with van der Waals surface area (Å²) in [5, 5.41) is 2.86. The summed E-state index contributed by atoms with van der Waals surface area (Å²) in [6.45, 7) is 6.20. The van der Waals surface area contributed by atoms with Crippen LogP contribution in [-0.4, -0.2) is 51.9 Å². The maximum atomic E-state index is 12.9. The van der Waals surface area contributed by atoms with Gasteiger partial charge in [0.05, 0.1) is 16.3 Å². The highest BCUT2D eigenvalue weighted by molar-refractivity contribution is 7.89. The van der Waals surface area contributed by atoms with E-state index in [-0.39, 0.29) is 10.8 Å². The van der Waals surface area contributed by atoms with Crippen molar-refractivity contribution in [3.8, 4) is 5.75 Å². The van der Waals surface area contributed by atoms with Crippen molar-refractivity contribution in [2.75, 3.05) is 37.4 Å². The Kier molecular flexibility index (Phi) is 8.25. The molecule has 0 aromatic heterocycles. The summed E-state index contributed by atoms with van der Waals surface area (Å²) >= 11 is 0. The molecule has 2 rings (SSSR count). The number of carbonyl (C=O) groups excluding carboxylic acids is 1. The molecule has 0 spiro atoms. The first-order valence-corrected chi connectivity index (χ1v) is 11.5. The van der Waals surface area contributed by atoms with Crippen LogP contribution < -0.4 is 15.0 Å². The Morgan fingerprint density at radius 3 is 2.20 bits per heavy atom. The summed E-state index contributed by atoms with van der Waals surface area (Å²) in [5.41, 5.74) is 1.13. The molecule has 7 nitrogen and oxygen atoms in total. The van der Waals surface area contributed by atoms with Crippen molar-refractivity contribution >= 4 is 27.3 Å². The Bertz CT molecular complexity index is 942. The number of anilines is 2. The third-order valence-corrected chi connectivity index (χ3v) is 6.78. The summed E-state index contributed by atoms with van der Waals surface area (Å²) in [5.74, 6) is 0.270. The van der Waals surface area contributed by atoms with Crippen LogP contribution in [0.4, 0.5) is 11.4 Å². The van der Waals surface area contributed by atoms with Crippen LogP contribution in [0.2, 0.25) is 0 Å². The smallest absolute Gasteiger partial charge is 0.265 e. The van der Waals surface area contributed by atoms with Gasteiger partial charge in [-0.2, -0.15) is 4.31 Å². The van der Waals surface area contributed by atoms with Gasteiger partial charge >= 0.3 is 0 Å². The second kappa shape index (κ2) is 10.4. The number of nitrogens with one attached hydrogen (secondary N) is 1. The van der Waals surface area contributed by atoms with Crippen molar-refractivity contribution in [2.45, 2.75) is 38.2 Å². The first-order valence-electron chi connectivity index (χ1n) is 10.1. The fraction of sp³-hybridized carbons (Fsp3) is 0.409. The molecule has 0 heterocycles. The van der Waals surface area contributed by atoms with Gasteiger partial charge in [-0.25, -0.2) is 8.42 Å². The van der Waals surface area contributed by atoms with Gasteiger partial charge in [-0.05, 0) is 36.8 Å². The molecule has 0 bridgehead atoms. The molecule has 0 saturated heterocycles. The zero-order chi connectivity index (χ0) is 22.3. The fourth-order valence-corrected chi connectivity index (χ4v) is 4.56. The van der Waals surface area contributed by atoms with E-state index < -0.39 is 16.1 Å². The maximum Gasteiger partial charge on any atom is 0.265 e. The summed E-state index contributed by atoms with van der Waals surface area (Å²) in [7, 11) is 0.0253. The molecule has 1 N–H and O–H groups in total. The van der Waals surface area contributed by atoms with Crippen LogP contribution in [0.3, 0.4) is 0 Å². The van der Waals surface area contributed by atoms with Crippen LogP contribution in [0.15, 0.2) is 53.4 Å². The maximum absolute atomic E-state index is 12.9. The van der Waals surface area contributed by atoms with Gasteiger partial charge in [0.15, 0.2) is 6.10 Å². The number of hydrogen-bond acceptors (Lipinski definition) is 5. The summed E-state index contributed by atoms with van der Waals surface area (Å²) in [6.07, 6.45) is -0.236. The highest BCUT2D eigenvalue weighted by atomic mass is 32.2. The van der Waals surface area contributed by atoms with Crippen molar-refractivity contribution in [3.05, 3.63) is 48.5 Å². The monoisotopic (exact) mass is 433 g/mol. The highest BCUT2D eigenvalue weighted by Crippen LogP contribution is 2.29. The molecule has 30 heavy (non-hydrogen) atoms. The van der Waals surface area contributed by atoms with E-state index in [1.165, 1.54) is 10.4 Å². The number of para-hydroxylation sites is 1. The number of nitrogens with zero attached hydrogens (tertiary/aromatic N) is 2. The Morgan fingerprint density at radius 2 is 1.67 bits per heavy atom. The van der Waals surface area contributed by atoms with Crippen molar-refractivity contribution in [1.82, 2.24) is 4.31 Å². The number of sulfonamides is 1. The van der Waals surface area contributed by atoms with E-state index in [0.29, 0.717) is 36.6 Å².